The first-order valence-electron chi connectivity index (χ1n) is 7.37. The molecule has 0 spiro atoms. The van der Waals surface area contributed by atoms with Gasteiger partial charge in [-0.3, -0.25) is 0 Å². The standard InChI is InChI=1S/C15H25N3O2/c1-5-13-8-14(18-12(3)17-13)16-10-11(2)9-15(4)19-6-7-20-15/h8,11H,5-7,9-10H2,1-4H3,(H,16,17,18). The fourth-order valence-corrected chi connectivity index (χ4v) is 2.56. The summed E-state index contributed by atoms with van der Waals surface area (Å²) in [5.74, 6) is 1.74. The van der Waals surface area contributed by atoms with Crippen LogP contribution in [-0.4, -0.2) is 35.5 Å². The van der Waals surface area contributed by atoms with Crippen molar-refractivity contribution < 1.29 is 9.47 Å². The van der Waals surface area contributed by atoms with Crippen LogP contribution in [0, 0.1) is 12.8 Å². The van der Waals surface area contributed by atoms with E-state index in [0.717, 1.165) is 36.7 Å². The van der Waals surface area contributed by atoms with E-state index < -0.39 is 5.79 Å². The molecule has 1 unspecified atom stereocenters. The van der Waals surface area contributed by atoms with E-state index in [9.17, 15) is 0 Å². The van der Waals surface area contributed by atoms with Gasteiger partial charge >= 0.3 is 0 Å². The Bertz CT molecular complexity index is 445. The van der Waals surface area contributed by atoms with Crippen molar-refractivity contribution >= 4 is 5.82 Å². The minimum absolute atomic E-state index is 0.419. The van der Waals surface area contributed by atoms with Crippen LogP contribution in [0.1, 0.15) is 38.7 Å². The maximum absolute atomic E-state index is 5.64. The summed E-state index contributed by atoms with van der Waals surface area (Å²) in [6.45, 7) is 10.5. The predicted octanol–water partition coefficient (Wildman–Crippen LogP) is 2.55. The molecule has 5 heteroatoms. The Morgan fingerprint density at radius 2 is 2.05 bits per heavy atom. The van der Waals surface area contributed by atoms with Crippen LogP contribution in [0.4, 0.5) is 5.82 Å². The molecule has 2 rings (SSSR count). The van der Waals surface area contributed by atoms with Crippen molar-refractivity contribution in [1.29, 1.82) is 0 Å². The number of hydrogen-bond acceptors (Lipinski definition) is 5. The lowest BCUT2D eigenvalue weighted by molar-refractivity contribution is -0.153. The van der Waals surface area contributed by atoms with Gasteiger partial charge in [0.2, 0.25) is 0 Å². The summed E-state index contributed by atoms with van der Waals surface area (Å²) < 4.78 is 11.3. The monoisotopic (exact) mass is 279 g/mol. The summed E-state index contributed by atoms with van der Waals surface area (Å²) in [7, 11) is 0. The van der Waals surface area contributed by atoms with Crippen LogP contribution in [0.3, 0.4) is 0 Å². The quantitative estimate of drug-likeness (QED) is 0.867. The van der Waals surface area contributed by atoms with Gasteiger partial charge in [-0.05, 0) is 26.2 Å². The summed E-state index contributed by atoms with van der Waals surface area (Å²) in [6.07, 6.45) is 1.80. The topological polar surface area (TPSA) is 56.3 Å². The highest BCUT2D eigenvalue weighted by atomic mass is 16.7. The van der Waals surface area contributed by atoms with Gasteiger partial charge in [-0.2, -0.15) is 0 Å². The van der Waals surface area contributed by atoms with Crippen molar-refractivity contribution in [2.45, 2.75) is 46.3 Å². The van der Waals surface area contributed by atoms with Crippen LogP contribution in [0.2, 0.25) is 0 Å². The van der Waals surface area contributed by atoms with Crippen molar-refractivity contribution in [2.75, 3.05) is 25.1 Å². The van der Waals surface area contributed by atoms with Gasteiger partial charge in [0, 0.05) is 24.7 Å². The molecular formula is C15H25N3O2. The molecule has 1 aliphatic rings. The number of anilines is 1. The number of nitrogens with one attached hydrogen (secondary N) is 1. The molecular weight excluding hydrogens is 254 g/mol. The Hall–Kier alpha value is -1.20. The normalized spacial score (nSPS) is 19.0. The second kappa shape index (κ2) is 6.50. The number of rotatable bonds is 6. The van der Waals surface area contributed by atoms with Gasteiger partial charge in [-0.15, -0.1) is 0 Å². The Morgan fingerprint density at radius 3 is 2.70 bits per heavy atom. The minimum Gasteiger partial charge on any atom is -0.370 e. The highest BCUT2D eigenvalue weighted by Gasteiger charge is 2.32. The van der Waals surface area contributed by atoms with Gasteiger partial charge in [-0.25, -0.2) is 9.97 Å². The fourth-order valence-electron chi connectivity index (χ4n) is 2.56. The molecule has 1 aliphatic heterocycles. The molecule has 1 aromatic rings. The number of nitrogens with zero attached hydrogens (tertiary/aromatic N) is 2. The third-order valence-corrected chi connectivity index (χ3v) is 3.50. The van der Waals surface area contributed by atoms with Crippen molar-refractivity contribution in [1.82, 2.24) is 9.97 Å². The number of aromatic nitrogens is 2. The highest BCUT2D eigenvalue weighted by molar-refractivity contribution is 5.36. The largest absolute Gasteiger partial charge is 0.370 e. The molecule has 112 valence electrons. The predicted molar refractivity (Wildman–Crippen MR) is 78.7 cm³/mol. The van der Waals surface area contributed by atoms with E-state index in [-0.39, 0.29) is 0 Å². The molecule has 1 N–H and O–H groups in total. The van der Waals surface area contributed by atoms with Crippen LogP contribution in [0.25, 0.3) is 0 Å². The summed E-state index contributed by atoms with van der Waals surface area (Å²) >= 11 is 0. The molecule has 1 fully saturated rings. The minimum atomic E-state index is -0.419. The maximum Gasteiger partial charge on any atom is 0.166 e. The number of ether oxygens (including phenoxy) is 2. The molecule has 0 aliphatic carbocycles. The summed E-state index contributed by atoms with van der Waals surface area (Å²) in [5, 5.41) is 3.39. The van der Waals surface area contributed by atoms with Crippen LogP contribution < -0.4 is 5.32 Å². The molecule has 0 saturated carbocycles. The third kappa shape index (κ3) is 4.15. The lowest BCUT2D eigenvalue weighted by Gasteiger charge is -2.26. The van der Waals surface area contributed by atoms with E-state index >= 15 is 0 Å². The average molecular weight is 279 g/mol. The lowest BCUT2D eigenvalue weighted by atomic mass is 10.0. The first-order valence-corrected chi connectivity index (χ1v) is 7.37. The highest BCUT2D eigenvalue weighted by Crippen LogP contribution is 2.26. The van der Waals surface area contributed by atoms with Gasteiger partial charge in [-0.1, -0.05) is 13.8 Å². The molecule has 2 heterocycles. The van der Waals surface area contributed by atoms with Crippen molar-refractivity contribution in [3.8, 4) is 0 Å². The first kappa shape index (κ1) is 15.2. The van der Waals surface area contributed by atoms with Crippen molar-refractivity contribution in [3.05, 3.63) is 17.6 Å². The summed E-state index contributed by atoms with van der Waals surface area (Å²) in [6, 6.07) is 2.02. The molecule has 0 radical (unpaired) electrons. The van der Waals surface area contributed by atoms with E-state index in [1.165, 1.54) is 0 Å². The smallest absolute Gasteiger partial charge is 0.166 e. The molecule has 0 bridgehead atoms. The first-order chi connectivity index (χ1) is 9.50. The SMILES string of the molecule is CCc1cc(NCC(C)CC2(C)OCCO2)nc(C)n1. The van der Waals surface area contributed by atoms with Crippen LogP contribution in [-0.2, 0) is 15.9 Å². The molecule has 0 amide bonds. The molecule has 20 heavy (non-hydrogen) atoms. The maximum atomic E-state index is 5.64. The van der Waals surface area contributed by atoms with Crippen molar-refractivity contribution in [2.24, 2.45) is 5.92 Å². The Morgan fingerprint density at radius 1 is 1.35 bits per heavy atom. The molecule has 0 aromatic carbocycles. The molecule has 1 aromatic heterocycles. The second-order valence-electron chi connectivity index (χ2n) is 5.67. The van der Waals surface area contributed by atoms with E-state index in [4.69, 9.17) is 9.47 Å². The molecule has 5 nitrogen and oxygen atoms in total. The average Bonchev–Trinajstić information content (AvgIpc) is 2.82. The van der Waals surface area contributed by atoms with E-state index in [0.29, 0.717) is 19.1 Å². The van der Waals surface area contributed by atoms with Gasteiger partial charge in [0.15, 0.2) is 5.79 Å². The zero-order valence-corrected chi connectivity index (χ0v) is 12.9. The van der Waals surface area contributed by atoms with Crippen LogP contribution in [0.15, 0.2) is 6.07 Å². The Labute approximate surface area is 121 Å². The second-order valence-corrected chi connectivity index (χ2v) is 5.67. The summed E-state index contributed by atoms with van der Waals surface area (Å²) in [5.41, 5.74) is 1.07. The number of aryl methyl sites for hydroxylation is 2. The van der Waals surface area contributed by atoms with Gasteiger partial charge in [0.25, 0.3) is 0 Å². The Balaban J connectivity index is 1.86. The van der Waals surface area contributed by atoms with Crippen LogP contribution >= 0.6 is 0 Å². The third-order valence-electron chi connectivity index (χ3n) is 3.50. The van der Waals surface area contributed by atoms with E-state index in [2.05, 4.69) is 29.1 Å². The van der Waals surface area contributed by atoms with E-state index in [1.54, 1.807) is 0 Å². The zero-order valence-electron chi connectivity index (χ0n) is 12.9. The van der Waals surface area contributed by atoms with Gasteiger partial charge in [0.05, 0.1) is 13.2 Å². The van der Waals surface area contributed by atoms with E-state index in [1.807, 2.05) is 19.9 Å². The number of hydrogen-bond donors (Lipinski definition) is 1. The van der Waals surface area contributed by atoms with Crippen LogP contribution in [0.5, 0.6) is 0 Å². The summed E-state index contributed by atoms with van der Waals surface area (Å²) in [4.78, 5) is 8.80. The molecule has 1 saturated heterocycles. The zero-order chi connectivity index (χ0) is 14.6. The fraction of sp³-hybridized carbons (Fsp3) is 0.733. The lowest BCUT2D eigenvalue weighted by Crippen LogP contribution is -2.30. The molecule has 1 atom stereocenters. The van der Waals surface area contributed by atoms with Crippen molar-refractivity contribution in [3.63, 3.8) is 0 Å². The Kier molecular flexibility index (Phi) is 4.94. The van der Waals surface area contributed by atoms with Gasteiger partial charge in [0.1, 0.15) is 11.6 Å². The van der Waals surface area contributed by atoms with Gasteiger partial charge < -0.3 is 14.8 Å².